The van der Waals surface area contributed by atoms with Crippen LogP contribution in [0.15, 0.2) is 59.8 Å². The summed E-state index contributed by atoms with van der Waals surface area (Å²) in [4.78, 5) is 32.8. The monoisotopic (exact) mass is 450 g/mol. The summed E-state index contributed by atoms with van der Waals surface area (Å²) in [6.07, 6.45) is -0.770. The second-order valence-electron chi connectivity index (χ2n) is 9.96. The Morgan fingerprint density at radius 3 is 2.58 bits per heavy atom. The van der Waals surface area contributed by atoms with Gasteiger partial charge >= 0.3 is 6.09 Å². The van der Waals surface area contributed by atoms with Crippen LogP contribution >= 0.6 is 0 Å². The first-order valence-electron chi connectivity index (χ1n) is 11.2. The molecule has 0 radical (unpaired) electrons. The highest BCUT2D eigenvalue weighted by Gasteiger charge is 2.52. The number of benzene rings is 2. The van der Waals surface area contributed by atoms with Gasteiger partial charge in [-0.3, -0.25) is 4.79 Å². The molecule has 7 nitrogen and oxygen atoms in total. The largest absolute Gasteiger partial charge is 0.488 e. The standard InChI is InChI=1S/C26H30N2O5/c1-25(2,3)31-19-13-9-12-18(15-19)20-16-21(33-27-20)23(29)28-22(26(4,5)32-24(28)30)14-17-10-7-6-8-11-17/h6-13,15,21-22H,14,16H2,1-5H3/t21-,22-/m0/s1. The Labute approximate surface area is 194 Å². The van der Waals surface area contributed by atoms with Gasteiger partial charge in [-0.15, -0.1) is 0 Å². The number of carbonyl (C=O) groups excluding carboxylic acids is 2. The molecule has 2 aromatic rings. The number of nitrogens with zero attached hydrogens (tertiary/aromatic N) is 2. The van der Waals surface area contributed by atoms with Crippen LogP contribution in [-0.2, 0) is 20.8 Å². The van der Waals surface area contributed by atoms with Crippen molar-refractivity contribution in [2.45, 2.75) is 70.8 Å². The highest BCUT2D eigenvalue weighted by atomic mass is 16.6. The van der Waals surface area contributed by atoms with E-state index in [1.807, 2.05) is 89.2 Å². The second-order valence-corrected chi connectivity index (χ2v) is 9.96. The maximum absolute atomic E-state index is 13.4. The van der Waals surface area contributed by atoms with Crippen LogP contribution in [0.1, 0.15) is 52.2 Å². The van der Waals surface area contributed by atoms with Crippen LogP contribution < -0.4 is 4.74 Å². The molecule has 33 heavy (non-hydrogen) atoms. The molecule has 1 saturated heterocycles. The predicted molar refractivity (Wildman–Crippen MR) is 124 cm³/mol. The molecular weight excluding hydrogens is 420 g/mol. The summed E-state index contributed by atoms with van der Waals surface area (Å²) in [6, 6.07) is 16.8. The van der Waals surface area contributed by atoms with E-state index in [1.54, 1.807) is 0 Å². The zero-order valence-electron chi connectivity index (χ0n) is 19.7. The minimum Gasteiger partial charge on any atom is -0.488 e. The van der Waals surface area contributed by atoms with Gasteiger partial charge in [0.2, 0.25) is 6.10 Å². The molecule has 2 amide bonds. The third-order valence-electron chi connectivity index (χ3n) is 5.71. The van der Waals surface area contributed by atoms with Gasteiger partial charge < -0.3 is 14.3 Å². The zero-order chi connectivity index (χ0) is 23.8. The Morgan fingerprint density at radius 2 is 1.88 bits per heavy atom. The average Bonchev–Trinajstić information content (AvgIpc) is 3.30. The number of hydrogen-bond acceptors (Lipinski definition) is 6. The van der Waals surface area contributed by atoms with E-state index in [9.17, 15) is 9.59 Å². The van der Waals surface area contributed by atoms with Gasteiger partial charge in [0.25, 0.3) is 5.91 Å². The van der Waals surface area contributed by atoms with Gasteiger partial charge in [0, 0.05) is 12.0 Å². The topological polar surface area (TPSA) is 77.4 Å². The van der Waals surface area contributed by atoms with Gasteiger partial charge in [-0.05, 0) is 58.7 Å². The van der Waals surface area contributed by atoms with Crippen LogP contribution in [0.5, 0.6) is 5.75 Å². The lowest BCUT2D eigenvalue weighted by molar-refractivity contribution is -0.140. The molecule has 0 saturated carbocycles. The van der Waals surface area contributed by atoms with E-state index in [0.717, 1.165) is 11.1 Å². The van der Waals surface area contributed by atoms with Crippen molar-refractivity contribution in [3.05, 3.63) is 65.7 Å². The minimum absolute atomic E-state index is 0.264. The van der Waals surface area contributed by atoms with Crippen LogP contribution in [0.4, 0.5) is 4.79 Å². The summed E-state index contributed by atoms with van der Waals surface area (Å²) < 4.78 is 11.5. The van der Waals surface area contributed by atoms with E-state index in [-0.39, 0.29) is 12.0 Å². The molecule has 2 aromatic carbocycles. The molecule has 0 aliphatic carbocycles. The minimum atomic E-state index is -0.882. The SMILES string of the molecule is CC(C)(C)Oc1cccc(C2=NO[C@H](C(=O)N3C(=O)OC(C)(C)[C@@H]3Cc3ccccc3)C2)c1. The highest BCUT2D eigenvalue weighted by molar-refractivity contribution is 6.06. The summed E-state index contributed by atoms with van der Waals surface area (Å²) in [6.45, 7) is 9.58. The molecule has 2 heterocycles. The molecular formula is C26H30N2O5. The van der Waals surface area contributed by atoms with Crippen LogP contribution in [0.25, 0.3) is 0 Å². The number of imide groups is 1. The van der Waals surface area contributed by atoms with Crippen LogP contribution in [-0.4, -0.2) is 46.0 Å². The Balaban J connectivity index is 1.49. The summed E-state index contributed by atoms with van der Waals surface area (Å²) in [5, 5.41) is 4.15. The van der Waals surface area contributed by atoms with Gasteiger partial charge in [-0.2, -0.15) is 0 Å². The molecule has 7 heteroatoms. The Bertz CT molecular complexity index is 1070. The van der Waals surface area contributed by atoms with Crippen LogP contribution in [0.2, 0.25) is 0 Å². The molecule has 0 aromatic heterocycles. The molecule has 174 valence electrons. The fourth-order valence-electron chi connectivity index (χ4n) is 4.13. The lowest BCUT2D eigenvalue weighted by atomic mass is 9.91. The Hall–Kier alpha value is -3.35. The average molecular weight is 451 g/mol. The fraction of sp³-hybridized carbons (Fsp3) is 0.423. The lowest BCUT2D eigenvalue weighted by Gasteiger charge is -2.28. The smallest absolute Gasteiger partial charge is 0.417 e. The predicted octanol–water partition coefficient (Wildman–Crippen LogP) is 4.73. The van der Waals surface area contributed by atoms with E-state index in [2.05, 4.69) is 5.16 Å². The van der Waals surface area contributed by atoms with E-state index in [1.165, 1.54) is 4.90 Å². The number of rotatable bonds is 5. The molecule has 0 N–H and O–H groups in total. The summed E-state index contributed by atoms with van der Waals surface area (Å²) in [7, 11) is 0. The molecule has 2 aliphatic rings. The van der Waals surface area contributed by atoms with Gasteiger partial charge in [0.1, 0.15) is 17.0 Å². The van der Waals surface area contributed by atoms with Gasteiger partial charge in [0.15, 0.2) is 0 Å². The van der Waals surface area contributed by atoms with Crippen LogP contribution in [0, 0.1) is 0 Å². The number of ether oxygens (including phenoxy) is 2. The summed E-state index contributed by atoms with van der Waals surface area (Å²) in [5.41, 5.74) is 1.33. The molecule has 0 bridgehead atoms. The fourth-order valence-corrected chi connectivity index (χ4v) is 4.13. The van der Waals surface area contributed by atoms with E-state index >= 15 is 0 Å². The van der Waals surface area contributed by atoms with Gasteiger partial charge in [0.05, 0.1) is 11.8 Å². The third kappa shape index (κ3) is 5.02. The van der Waals surface area contributed by atoms with Crippen LogP contribution in [0.3, 0.4) is 0 Å². The maximum Gasteiger partial charge on any atom is 0.417 e. The number of amides is 2. The third-order valence-corrected chi connectivity index (χ3v) is 5.71. The molecule has 1 fully saturated rings. The molecule has 2 aliphatic heterocycles. The first kappa shape index (κ1) is 22.8. The molecule has 0 unspecified atom stereocenters. The van der Waals surface area contributed by atoms with Crippen molar-refractivity contribution in [2.75, 3.05) is 0 Å². The van der Waals surface area contributed by atoms with Crippen molar-refractivity contribution < 1.29 is 23.9 Å². The molecule has 4 rings (SSSR count). The quantitative estimate of drug-likeness (QED) is 0.658. The normalized spacial score (nSPS) is 21.9. The number of hydrogen-bond donors (Lipinski definition) is 0. The van der Waals surface area contributed by atoms with Crippen molar-refractivity contribution in [2.24, 2.45) is 5.16 Å². The Morgan fingerprint density at radius 1 is 1.15 bits per heavy atom. The lowest BCUT2D eigenvalue weighted by Crippen LogP contribution is -2.49. The van der Waals surface area contributed by atoms with Crippen molar-refractivity contribution in [1.82, 2.24) is 4.90 Å². The van der Waals surface area contributed by atoms with E-state index in [0.29, 0.717) is 17.9 Å². The van der Waals surface area contributed by atoms with E-state index < -0.39 is 29.7 Å². The number of carbonyl (C=O) groups is 2. The highest BCUT2D eigenvalue weighted by Crippen LogP contribution is 2.34. The second kappa shape index (κ2) is 8.54. The molecule has 2 atom stereocenters. The zero-order valence-corrected chi connectivity index (χ0v) is 19.7. The Kier molecular flexibility index (Phi) is 5.91. The van der Waals surface area contributed by atoms with Crippen molar-refractivity contribution >= 4 is 17.7 Å². The van der Waals surface area contributed by atoms with Crippen molar-refractivity contribution in [1.29, 1.82) is 0 Å². The summed E-state index contributed by atoms with van der Waals surface area (Å²) in [5.74, 6) is 0.276. The van der Waals surface area contributed by atoms with Gasteiger partial charge in [-0.1, -0.05) is 47.6 Å². The molecule has 0 spiro atoms. The number of cyclic esters (lactones) is 1. The maximum atomic E-state index is 13.4. The first-order chi connectivity index (χ1) is 15.5. The first-order valence-corrected chi connectivity index (χ1v) is 11.2. The van der Waals surface area contributed by atoms with E-state index in [4.69, 9.17) is 14.3 Å². The van der Waals surface area contributed by atoms with Crippen molar-refractivity contribution in [3.63, 3.8) is 0 Å². The van der Waals surface area contributed by atoms with Gasteiger partial charge in [-0.25, -0.2) is 9.69 Å². The number of oxime groups is 1. The van der Waals surface area contributed by atoms with Crippen molar-refractivity contribution in [3.8, 4) is 5.75 Å². The summed E-state index contributed by atoms with van der Waals surface area (Å²) >= 11 is 0.